The monoisotopic (exact) mass is 250 g/mol. The Morgan fingerprint density at radius 1 is 1.71 bits per heavy atom. The summed E-state index contributed by atoms with van der Waals surface area (Å²) in [5, 5.41) is 2.04. The van der Waals surface area contributed by atoms with Crippen LogP contribution in [0.4, 0.5) is 0 Å². The summed E-state index contributed by atoms with van der Waals surface area (Å²) in [6.07, 6.45) is 6.29. The molecule has 92 valence electrons. The van der Waals surface area contributed by atoms with Gasteiger partial charge in [0.15, 0.2) is 0 Å². The third-order valence-corrected chi connectivity index (χ3v) is 3.64. The molecule has 0 bridgehead atoms. The van der Waals surface area contributed by atoms with Crippen LogP contribution in [0, 0.1) is 12.3 Å². The van der Waals surface area contributed by atoms with Gasteiger partial charge < -0.3 is 10.6 Å². The Labute approximate surface area is 107 Å². The number of carbonyl (C=O) groups is 1. The van der Waals surface area contributed by atoms with E-state index in [1.54, 1.807) is 23.3 Å². The van der Waals surface area contributed by atoms with Crippen LogP contribution in [0.5, 0.6) is 0 Å². The molecule has 0 aliphatic heterocycles. The van der Waals surface area contributed by atoms with Gasteiger partial charge in [-0.15, -0.1) is 23.7 Å². The van der Waals surface area contributed by atoms with Crippen LogP contribution in [0.1, 0.15) is 18.2 Å². The standard InChI is InChI=1S/C13H18N2OS/c1-4-6-12(14)13(16)15(3)10(2)9-11-7-5-8-17-11/h1,5,7-8,10,12H,6,9,14H2,2-3H3. The average Bonchev–Trinajstić information content (AvgIpc) is 2.80. The molecule has 3 nitrogen and oxygen atoms in total. The van der Waals surface area contributed by atoms with Gasteiger partial charge in [-0.3, -0.25) is 4.79 Å². The lowest BCUT2D eigenvalue weighted by Gasteiger charge is -2.26. The highest BCUT2D eigenvalue weighted by Gasteiger charge is 2.21. The molecule has 2 unspecified atom stereocenters. The van der Waals surface area contributed by atoms with E-state index in [4.69, 9.17) is 12.2 Å². The molecule has 4 heteroatoms. The lowest BCUT2D eigenvalue weighted by atomic mass is 10.1. The second kappa shape index (κ2) is 6.43. The zero-order valence-electron chi connectivity index (χ0n) is 10.2. The van der Waals surface area contributed by atoms with Crippen molar-refractivity contribution in [3.8, 4) is 12.3 Å². The molecule has 0 saturated heterocycles. The van der Waals surface area contributed by atoms with E-state index in [-0.39, 0.29) is 18.4 Å². The summed E-state index contributed by atoms with van der Waals surface area (Å²) in [4.78, 5) is 14.9. The molecule has 0 radical (unpaired) electrons. The molecule has 1 rings (SSSR count). The van der Waals surface area contributed by atoms with E-state index in [1.807, 2.05) is 18.4 Å². The molecule has 0 aromatic carbocycles. The second-order valence-corrected chi connectivity index (χ2v) is 5.13. The maximum absolute atomic E-state index is 11.9. The number of nitrogens with two attached hydrogens (primary N) is 1. The number of amides is 1. The van der Waals surface area contributed by atoms with Crippen molar-refractivity contribution in [3.05, 3.63) is 22.4 Å². The van der Waals surface area contributed by atoms with Gasteiger partial charge in [0.05, 0.1) is 6.04 Å². The number of hydrogen-bond acceptors (Lipinski definition) is 3. The predicted molar refractivity (Wildman–Crippen MR) is 71.7 cm³/mol. The highest BCUT2D eigenvalue weighted by atomic mass is 32.1. The Kier molecular flexibility index (Phi) is 5.20. The van der Waals surface area contributed by atoms with Crippen LogP contribution in [-0.4, -0.2) is 29.9 Å². The van der Waals surface area contributed by atoms with Gasteiger partial charge in [-0.1, -0.05) is 6.07 Å². The molecule has 17 heavy (non-hydrogen) atoms. The molecule has 1 amide bonds. The first-order valence-electron chi connectivity index (χ1n) is 5.54. The van der Waals surface area contributed by atoms with Gasteiger partial charge >= 0.3 is 0 Å². The van der Waals surface area contributed by atoms with Crippen LogP contribution in [0.2, 0.25) is 0 Å². The van der Waals surface area contributed by atoms with E-state index in [1.165, 1.54) is 4.88 Å². The summed E-state index contributed by atoms with van der Waals surface area (Å²) in [6, 6.07) is 3.63. The van der Waals surface area contributed by atoms with Crippen LogP contribution in [-0.2, 0) is 11.2 Å². The van der Waals surface area contributed by atoms with Gasteiger partial charge in [-0.2, -0.15) is 0 Å². The van der Waals surface area contributed by atoms with Gasteiger partial charge in [0, 0.05) is 30.8 Å². The molecule has 0 fully saturated rings. The average molecular weight is 250 g/mol. The minimum absolute atomic E-state index is 0.0907. The van der Waals surface area contributed by atoms with Crippen LogP contribution >= 0.6 is 11.3 Å². The first kappa shape index (κ1) is 13.8. The van der Waals surface area contributed by atoms with E-state index in [9.17, 15) is 4.79 Å². The van der Waals surface area contributed by atoms with Crippen LogP contribution < -0.4 is 5.73 Å². The van der Waals surface area contributed by atoms with E-state index in [0.29, 0.717) is 0 Å². The molecule has 0 spiro atoms. The smallest absolute Gasteiger partial charge is 0.240 e. The molecule has 1 aromatic rings. The molecule has 0 saturated carbocycles. The van der Waals surface area contributed by atoms with Crippen LogP contribution in [0.15, 0.2) is 17.5 Å². The van der Waals surface area contributed by atoms with Crippen molar-refractivity contribution in [1.82, 2.24) is 4.90 Å². The third-order valence-electron chi connectivity index (χ3n) is 2.74. The molecule has 2 N–H and O–H groups in total. The number of terminal acetylenes is 1. The maximum atomic E-state index is 11.9. The lowest BCUT2D eigenvalue weighted by molar-refractivity contribution is -0.132. The van der Waals surface area contributed by atoms with Crippen molar-refractivity contribution < 1.29 is 4.79 Å². The number of thiophene rings is 1. The van der Waals surface area contributed by atoms with Gasteiger partial charge in [0.2, 0.25) is 5.91 Å². The topological polar surface area (TPSA) is 46.3 Å². The highest BCUT2D eigenvalue weighted by molar-refractivity contribution is 7.09. The number of rotatable bonds is 5. The largest absolute Gasteiger partial charge is 0.341 e. The fourth-order valence-corrected chi connectivity index (χ4v) is 2.38. The SMILES string of the molecule is C#CCC(N)C(=O)N(C)C(C)Cc1cccs1. The van der Waals surface area contributed by atoms with Gasteiger partial charge in [0.25, 0.3) is 0 Å². The Morgan fingerprint density at radius 2 is 2.41 bits per heavy atom. The van der Waals surface area contributed by atoms with Crippen molar-refractivity contribution in [3.63, 3.8) is 0 Å². The van der Waals surface area contributed by atoms with Crippen LogP contribution in [0.3, 0.4) is 0 Å². The zero-order valence-corrected chi connectivity index (χ0v) is 11.0. The second-order valence-electron chi connectivity index (χ2n) is 4.10. The number of nitrogens with zero attached hydrogens (tertiary/aromatic N) is 1. The normalized spacial score (nSPS) is 13.8. The fraction of sp³-hybridized carbons (Fsp3) is 0.462. The number of hydrogen-bond donors (Lipinski definition) is 1. The number of carbonyl (C=O) groups excluding carboxylic acids is 1. The van der Waals surface area contributed by atoms with E-state index in [0.717, 1.165) is 6.42 Å². The maximum Gasteiger partial charge on any atom is 0.240 e. The molecular formula is C13H18N2OS. The Hall–Kier alpha value is -1.31. The Morgan fingerprint density at radius 3 is 2.94 bits per heavy atom. The molecule has 1 heterocycles. The summed E-state index contributed by atoms with van der Waals surface area (Å²) in [5.41, 5.74) is 5.71. The molecular weight excluding hydrogens is 232 g/mol. The van der Waals surface area contributed by atoms with Gasteiger partial charge in [0.1, 0.15) is 0 Å². The zero-order chi connectivity index (χ0) is 12.8. The molecule has 0 aliphatic carbocycles. The third kappa shape index (κ3) is 3.88. The Bertz CT molecular complexity index is 394. The first-order chi connectivity index (χ1) is 8.06. The highest BCUT2D eigenvalue weighted by Crippen LogP contribution is 2.14. The lowest BCUT2D eigenvalue weighted by Crippen LogP contribution is -2.46. The summed E-state index contributed by atoms with van der Waals surface area (Å²) < 4.78 is 0. The minimum Gasteiger partial charge on any atom is -0.341 e. The summed E-state index contributed by atoms with van der Waals surface area (Å²) in [7, 11) is 1.77. The van der Waals surface area contributed by atoms with Crippen molar-refractivity contribution in [1.29, 1.82) is 0 Å². The van der Waals surface area contributed by atoms with Crippen molar-refractivity contribution in [2.75, 3.05) is 7.05 Å². The summed E-state index contributed by atoms with van der Waals surface area (Å²) in [5.74, 6) is 2.33. The van der Waals surface area contributed by atoms with Crippen molar-refractivity contribution >= 4 is 17.2 Å². The molecule has 0 aliphatic rings. The molecule has 2 atom stereocenters. The van der Waals surface area contributed by atoms with E-state index < -0.39 is 6.04 Å². The molecule has 1 aromatic heterocycles. The Balaban J connectivity index is 2.54. The van der Waals surface area contributed by atoms with E-state index >= 15 is 0 Å². The quantitative estimate of drug-likeness (QED) is 0.805. The number of likely N-dealkylation sites (N-methyl/N-ethyl adjacent to an activating group) is 1. The van der Waals surface area contributed by atoms with Gasteiger partial charge in [-0.25, -0.2) is 0 Å². The van der Waals surface area contributed by atoms with Crippen molar-refractivity contribution in [2.45, 2.75) is 31.8 Å². The first-order valence-corrected chi connectivity index (χ1v) is 6.42. The summed E-state index contributed by atoms with van der Waals surface area (Å²) in [6.45, 7) is 2.01. The van der Waals surface area contributed by atoms with Crippen molar-refractivity contribution in [2.24, 2.45) is 5.73 Å². The minimum atomic E-state index is -0.587. The fourth-order valence-electron chi connectivity index (χ4n) is 1.55. The van der Waals surface area contributed by atoms with E-state index in [2.05, 4.69) is 12.0 Å². The summed E-state index contributed by atoms with van der Waals surface area (Å²) >= 11 is 1.70. The van der Waals surface area contributed by atoms with Gasteiger partial charge in [-0.05, 0) is 18.4 Å². The predicted octanol–water partition coefficient (Wildman–Crippen LogP) is 1.49. The van der Waals surface area contributed by atoms with Crippen LogP contribution in [0.25, 0.3) is 0 Å².